The van der Waals surface area contributed by atoms with E-state index < -0.39 is 0 Å². The van der Waals surface area contributed by atoms with Gasteiger partial charge >= 0.3 is 0 Å². The van der Waals surface area contributed by atoms with Gasteiger partial charge in [-0.05, 0) is 131 Å². The summed E-state index contributed by atoms with van der Waals surface area (Å²) in [5.74, 6) is 0. The summed E-state index contributed by atoms with van der Waals surface area (Å²) in [6.07, 6.45) is 0. The first-order chi connectivity index (χ1) is 31.2. The Labute approximate surface area is 369 Å². The second kappa shape index (κ2) is 16.7. The van der Waals surface area contributed by atoms with Crippen molar-refractivity contribution in [3.63, 3.8) is 0 Å². The molecule has 0 aliphatic carbocycles. The maximum Gasteiger partial charge on any atom is 0.0467 e. The van der Waals surface area contributed by atoms with Gasteiger partial charge < -0.3 is 4.90 Å². The van der Waals surface area contributed by atoms with Crippen LogP contribution in [0.15, 0.2) is 261 Å². The first kappa shape index (κ1) is 37.7. The second-order valence-corrected chi connectivity index (χ2v) is 16.1. The molecule has 0 bridgehead atoms. The molecule has 11 aromatic rings. The van der Waals surface area contributed by atoms with E-state index in [1.54, 1.807) is 0 Å². The molecule has 0 aromatic heterocycles. The highest BCUT2D eigenvalue weighted by molar-refractivity contribution is 6.22. The molecule has 0 fully saturated rings. The normalized spacial score (nSPS) is 11.2. The molecule has 0 saturated heterocycles. The van der Waals surface area contributed by atoms with Gasteiger partial charge in [0.15, 0.2) is 0 Å². The minimum Gasteiger partial charge on any atom is -0.310 e. The van der Waals surface area contributed by atoms with E-state index in [0.717, 1.165) is 22.6 Å². The summed E-state index contributed by atoms with van der Waals surface area (Å²) in [6.45, 7) is 0. The van der Waals surface area contributed by atoms with Crippen LogP contribution in [0.3, 0.4) is 0 Å². The molecule has 0 amide bonds. The molecule has 63 heavy (non-hydrogen) atoms. The fraction of sp³-hybridized carbons (Fsp3) is 0. The Morgan fingerprint density at radius 2 is 0.508 bits per heavy atom. The van der Waals surface area contributed by atoms with Crippen LogP contribution in [0.25, 0.3) is 88.3 Å². The fourth-order valence-corrected chi connectivity index (χ4v) is 9.17. The first-order valence-corrected chi connectivity index (χ1v) is 21.7. The molecule has 0 heterocycles. The summed E-state index contributed by atoms with van der Waals surface area (Å²) in [7, 11) is 0. The molecule has 11 aromatic carbocycles. The summed E-state index contributed by atoms with van der Waals surface area (Å²) in [5.41, 5.74) is 17.7. The van der Waals surface area contributed by atoms with Gasteiger partial charge in [0.25, 0.3) is 0 Å². The number of benzene rings is 11. The highest BCUT2D eigenvalue weighted by Crippen LogP contribution is 2.46. The molecule has 0 saturated carbocycles. The van der Waals surface area contributed by atoms with E-state index in [0.29, 0.717) is 0 Å². The lowest BCUT2D eigenvalue weighted by molar-refractivity contribution is 1.28. The highest BCUT2D eigenvalue weighted by Gasteiger charge is 2.19. The van der Waals surface area contributed by atoms with Crippen LogP contribution in [0.4, 0.5) is 17.1 Å². The van der Waals surface area contributed by atoms with Crippen LogP contribution < -0.4 is 4.90 Å². The maximum absolute atomic E-state index is 2.41. The Kier molecular flexibility index (Phi) is 9.97. The minimum absolute atomic E-state index is 1.09. The third-order valence-corrected chi connectivity index (χ3v) is 12.3. The molecule has 0 atom stereocenters. The van der Waals surface area contributed by atoms with Crippen molar-refractivity contribution in [1.29, 1.82) is 0 Å². The van der Waals surface area contributed by atoms with E-state index in [4.69, 9.17) is 0 Å². The smallest absolute Gasteiger partial charge is 0.0467 e. The van der Waals surface area contributed by atoms with Crippen molar-refractivity contribution in [2.24, 2.45) is 0 Å². The van der Waals surface area contributed by atoms with Crippen molar-refractivity contribution in [1.82, 2.24) is 0 Å². The molecule has 0 N–H and O–H groups in total. The largest absolute Gasteiger partial charge is 0.310 e. The average molecular weight is 802 g/mol. The standard InChI is InChI=1S/C62H43N/c1-5-16-44(17-6-1)46-28-30-47(31-29-46)49-34-39-55(40-35-49)63(54-37-32-48(33-38-54)45-18-7-2-8-19-45)56-25-15-24-52(42-56)53-36-41-58-57-26-13-14-27-59(57)61(50-20-9-3-10-21-50)62(60(58)43-53)51-22-11-4-12-23-51/h1-43H. The average Bonchev–Trinajstić information content (AvgIpc) is 3.37. The molecule has 0 aliphatic rings. The van der Waals surface area contributed by atoms with Gasteiger partial charge in [-0.2, -0.15) is 0 Å². The van der Waals surface area contributed by atoms with E-state index in [-0.39, 0.29) is 0 Å². The maximum atomic E-state index is 2.41. The molecule has 11 rings (SSSR count). The molecule has 1 nitrogen and oxygen atoms in total. The zero-order valence-corrected chi connectivity index (χ0v) is 34.8. The summed E-state index contributed by atoms with van der Waals surface area (Å²) >= 11 is 0. The highest BCUT2D eigenvalue weighted by atomic mass is 15.1. The van der Waals surface area contributed by atoms with E-state index in [1.807, 2.05) is 0 Å². The molecular formula is C62H43N. The lowest BCUT2D eigenvalue weighted by atomic mass is 9.84. The monoisotopic (exact) mass is 801 g/mol. The van der Waals surface area contributed by atoms with Crippen molar-refractivity contribution in [3.8, 4) is 66.8 Å². The van der Waals surface area contributed by atoms with E-state index >= 15 is 0 Å². The van der Waals surface area contributed by atoms with Crippen LogP contribution in [0, 0.1) is 0 Å². The minimum atomic E-state index is 1.09. The number of hydrogen-bond acceptors (Lipinski definition) is 1. The molecule has 0 unspecified atom stereocenters. The number of nitrogens with zero attached hydrogens (tertiary/aromatic N) is 1. The van der Waals surface area contributed by atoms with Crippen LogP contribution >= 0.6 is 0 Å². The summed E-state index contributed by atoms with van der Waals surface area (Å²) in [6, 6.07) is 94.6. The number of rotatable bonds is 9. The number of anilines is 3. The van der Waals surface area contributed by atoms with Gasteiger partial charge in [-0.1, -0.05) is 218 Å². The molecule has 0 aliphatic heterocycles. The lowest BCUT2D eigenvalue weighted by Crippen LogP contribution is -2.10. The van der Waals surface area contributed by atoms with E-state index in [2.05, 4.69) is 266 Å². The van der Waals surface area contributed by atoms with Gasteiger partial charge in [-0.15, -0.1) is 0 Å². The van der Waals surface area contributed by atoms with Gasteiger partial charge in [-0.3, -0.25) is 0 Å². The quantitative estimate of drug-likeness (QED) is 0.131. The molecule has 0 radical (unpaired) electrons. The Hall–Kier alpha value is -8.26. The second-order valence-electron chi connectivity index (χ2n) is 16.1. The summed E-state index contributed by atoms with van der Waals surface area (Å²) in [5, 5.41) is 5.00. The molecule has 0 spiro atoms. The van der Waals surface area contributed by atoms with Gasteiger partial charge in [0, 0.05) is 17.1 Å². The van der Waals surface area contributed by atoms with E-state index in [1.165, 1.54) is 82.7 Å². The zero-order chi connectivity index (χ0) is 42.0. The summed E-state index contributed by atoms with van der Waals surface area (Å²) < 4.78 is 0. The van der Waals surface area contributed by atoms with Crippen LogP contribution in [0.5, 0.6) is 0 Å². The fourth-order valence-electron chi connectivity index (χ4n) is 9.17. The lowest BCUT2D eigenvalue weighted by Gasteiger charge is -2.26. The third-order valence-electron chi connectivity index (χ3n) is 12.3. The van der Waals surface area contributed by atoms with Crippen LogP contribution in [0.2, 0.25) is 0 Å². The van der Waals surface area contributed by atoms with Crippen LogP contribution in [0.1, 0.15) is 0 Å². The summed E-state index contributed by atoms with van der Waals surface area (Å²) in [4.78, 5) is 2.37. The SMILES string of the molecule is c1ccc(-c2ccc(-c3ccc(N(c4ccc(-c5ccccc5)cc4)c4cccc(-c5ccc6c(c5)c(-c5ccccc5)c(-c5ccccc5)c5ccccc56)c4)cc3)cc2)cc1. The molecule has 1 heteroatoms. The Bertz CT molecular complexity index is 3320. The first-order valence-electron chi connectivity index (χ1n) is 21.7. The van der Waals surface area contributed by atoms with Crippen LogP contribution in [-0.4, -0.2) is 0 Å². The van der Waals surface area contributed by atoms with Gasteiger partial charge in [0.05, 0.1) is 0 Å². The number of fused-ring (bicyclic) bond motifs is 3. The van der Waals surface area contributed by atoms with Crippen molar-refractivity contribution in [2.45, 2.75) is 0 Å². The predicted octanol–water partition coefficient (Wildman–Crippen LogP) is 17.5. The topological polar surface area (TPSA) is 3.24 Å². The van der Waals surface area contributed by atoms with Gasteiger partial charge in [0.1, 0.15) is 0 Å². The van der Waals surface area contributed by atoms with Gasteiger partial charge in [0.2, 0.25) is 0 Å². The van der Waals surface area contributed by atoms with Crippen molar-refractivity contribution in [3.05, 3.63) is 261 Å². The van der Waals surface area contributed by atoms with Crippen molar-refractivity contribution < 1.29 is 0 Å². The van der Waals surface area contributed by atoms with Gasteiger partial charge in [-0.25, -0.2) is 0 Å². The number of hydrogen-bond donors (Lipinski definition) is 0. The van der Waals surface area contributed by atoms with E-state index in [9.17, 15) is 0 Å². The Morgan fingerprint density at radius 1 is 0.175 bits per heavy atom. The zero-order valence-electron chi connectivity index (χ0n) is 34.8. The van der Waals surface area contributed by atoms with Crippen molar-refractivity contribution >= 4 is 38.6 Å². The van der Waals surface area contributed by atoms with Crippen LogP contribution in [-0.2, 0) is 0 Å². The Morgan fingerprint density at radius 3 is 1.00 bits per heavy atom. The Balaban J connectivity index is 1.03. The molecule has 296 valence electrons. The molecular weight excluding hydrogens is 759 g/mol. The third kappa shape index (κ3) is 7.37. The van der Waals surface area contributed by atoms with Crippen molar-refractivity contribution in [2.75, 3.05) is 4.90 Å². The predicted molar refractivity (Wildman–Crippen MR) is 269 cm³/mol.